The summed E-state index contributed by atoms with van der Waals surface area (Å²) in [6.45, 7) is -0.00131. The molecule has 0 spiro atoms. The van der Waals surface area contributed by atoms with E-state index in [4.69, 9.17) is 4.74 Å². The Kier molecular flexibility index (Phi) is 7.97. The Bertz CT molecular complexity index is 1600. The van der Waals surface area contributed by atoms with Crippen molar-refractivity contribution in [1.82, 2.24) is 14.7 Å². The van der Waals surface area contributed by atoms with Crippen LogP contribution >= 0.6 is 0 Å². The molecule has 1 N–H and O–H groups in total. The van der Waals surface area contributed by atoms with Crippen LogP contribution in [-0.4, -0.2) is 40.1 Å². The van der Waals surface area contributed by atoms with Crippen molar-refractivity contribution in [2.45, 2.75) is 6.54 Å². The highest BCUT2D eigenvalue weighted by molar-refractivity contribution is 6.01. The molecule has 0 saturated carbocycles. The number of para-hydroxylation sites is 1. The second kappa shape index (κ2) is 12.1. The van der Waals surface area contributed by atoms with E-state index in [-0.39, 0.29) is 24.8 Å². The van der Waals surface area contributed by atoms with Gasteiger partial charge >= 0.3 is 0 Å². The predicted molar refractivity (Wildman–Crippen MR) is 152 cm³/mol. The van der Waals surface area contributed by atoms with Crippen molar-refractivity contribution in [1.29, 1.82) is 0 Å². The van der Waals surface area contributed by atoms with Crippen molar-refractivity contribution in [3.8, 4) is 22.7 Å². The van der Waals surface area contributed by atoms with E-state index in [2.05, 4.69) is 10.4 Å². The van der Waals surface area contributed by atoms with Crippen molar-refractivity contribution < 1.29 is 18.7 Å². The highest BCUT2D eigenvalue weighted by atomic mass is 19.1. The minimum atomic E-state index is -0.415. The maximum atomic E-state index is 13.6. The number of benzene rings is 4. The number of nitrogens with one attached hydrogen (secondary N) is 1. The topological polar surface area (TPSA) is 76.5 Å². The number of carbonyl (C=O) groups is 2. The third kappa shape index (κ3) is 6.07. The van der Waals surface area contributed by atoms with Gasteiger partial charge in [-0.15, -0.1) is 0 Å². The lowest BCUT2D eigenvalue weighted by molar-refractivity contribution is -0.117. The summed E-state index contributed by atoms with van der Waals surface area (Å²) in [5.41, 5.74) is 3.30. The molecule has 5 aromatic rings. The standard InChI is InChI=1S/C32H27FN4O3/c1-40-29-15-9-8-14-27(29)32(39)36(21-23-10-4-2-5-11-23)22-31(38)34-30-20-28(24-12-6-3-7-13-24)35-37(30)26-18-16-25(33)17-19-26/h2-20H,21-22H2,1H3,(H,34,38). The average Bonchev–Trinajstić information content (AvgIpc) is 3.41. The lowest BCUT2D eigenvalue weighted by atomic mass is 10.1. The van der Waals surface area contributed by atoms with Gasteiger partial charge in [-0.1, -0.05) is 72.8 Å². The smallest absolute Gasteiger partial charge is 0.258 e. The summed E-state index contributed by atoms with van der Waals surface area (Å²) in [7, 11) is 1.50. The fourth-order valence-electron chi connectivity index (χ4n) is 4.35. The lowest BCUT2D eigenvalue weighted by Crippen LogP contribution is -2.38. The van der Waals surface area contributed by atoms with Crippen LogP contribution < -0.4 is 10.1 Å². The normalized spacial score (nSPS) is 10.7. The zero-order valence-electron chi connectivity index (χ0n) is 21.8. The number of halogens is 1. The van der Waals surface area contributed by atoms with Gasteiger partial charge in [0.15, 0.2) is 0 Å². The van der Waals surface area contributed by atoms with Gasteiger partial charge < -0.3 is 15.0 Å². The summed E-state index contributed by atoms with van der Waals surface area (Å²) in [5, 5.41) is 7.58. The number of carbonyl (C=O) groups excluding carboxylic acids is 2. The van der Waals surface area contributed by atoms with Crippen LogP contribution in [0.15, 0.2) is 115 Å². The van der Waals surface area contributed by atoms with Crippen molar-refractivity contribution in [3.05, 3.63) is 132 Å². The van der Waals surface area contributed by atoms with E-state index in [0.717, 1.165) is 11.1 Å². The first-order chi connectivity index (χ1) is 19.5. The Morgan fingerprint density at radius 2 is 1.52 bits per heavy atom. The van der Waals surface area contributed by atoms with Crippen LogP contribution in [0.5, 0.6) is 5.75 Å². The summed E-state index contributed by atoms with van der Waals surface area (Å²) in [6.07, 6.45) is 0. The molecule has 2 amide bonds. The average molecular weight is 535 g/mol. The summed E-state index contributed by atoms with van der Waals surface area (Å²) in [6, 6.07) is 33.5. The summed E-state index contributed by atoms with van der Waals surface area (Å²) in [4.78, 5) is 28.6. The molecule has 1 heterocycles. The van der Waals surface area contributed by atoms with Crippen LogP contribution in [-0.2, 0) is 11.3 Å². The molecule has 4 aromatic carbocycles. The fourth-order valence-corrected chi connectivity index (χ4v) is 4.35. The molecule has 0 unspecified atom stereocenters. The Balaban J connectivity index is 1.45. The third-order valence-corrected chi connectivity index (χ3v) is 6.29. The first-order valence-electron chi connectivity index (χ1n) is 12.7. The molecule has 0 fully saturated rings. The van der Waals surface area contributed by atoms with Crippen molar-refractivity contribution in [3.63, 3.8) is 0 Å². The van der Waals surface area contributed by atoms with E-state index in [9.17, 15) is 14.0 Å². The van der Waals surface area contributed by atoms with Gasteiger partial charge in [-0.25, -0.2) is 9.07 Å². The number of ether oxygens (including phenoxy) is 1. The molecule has 0 aliphatic rings. The van der Waals surface area contributed by atoms with Gasteiger partial charge in [-0.05, 0) is 42.0 Å². The monoisotopic (exact) mass is 534 g/mol. The van der Waals surface area contributed by atoms with Crippen LogP contribution in [0.1, 0.15) is 15.9 Å². The molecule has 8 heteroatoms. The second-order valence-corrected chi connectivity index (χ2v) is 9.06. The molecule has 1 aromatic heterocycles. The molecule has 0 aliphatic carbocycles. The van der Waals surface area contributed by atoms with Crippen LogP contribution in [0.2, 0.25) is 0 Å². The molecule has 5 rings (SSSR count). The molecule has 0 radical (unpaired) electrons. The molecule has 40 heavy (non-hydrogen) atoms. The molecule has 0 bridgehead atoms. The number of rotatable bonds is 9. The van der Waals surface area contributed by atoms with Crippen LogP contribution in [0.25, 0.3) is 16.9 Å². The van der Waals surface area contributed by atoms with Crippen molar-refractivity contribution in [2.24, 2.45) is 0 Å². The Morgan fingerprint density at radius 1 is 0.875 bits per heavy atom. The summed E-state index contributed by atoms with van der Waals surface area (Å²) >= 11 is 0. The fraction of sp³-hybridized carbons (Fsp3) is 0.0938. The number of amides is 2. The van der Waals surface area contributed by atoms with E-state index in [1.54, 1.807) is 47.1 Å². The number of methoxy groups -OCH3 is 1. The molecule has 0 atom stereocenters. The van der Waals surface area contributed by atoms with Gasteiger partial charge in [0.1, 0.15) is 23.9 Å². The number of hydrogen-bond acceptors (Lipinski definition) is 4. The van der Waals surface area contributed by atoms with E-state index in [1.807, 2.05) is 60.7 Å². The van der Waals surface area contributed by atoms with E-state index >= 15 is 0 Å². The minimum absolute atomic E-state index is 0.220. The Morgan fingerprint density at radius 3 is 2.23 bits per heavy atom. The summed E-state index contributed by atoms with van der Waals surface area (Å²) in [5.74, 6) is -0.320. The largest absolute Gasteiger partial charge is 0.496 e. The molecular weight excluding hydrogens is 507 g/mol. The van der Waals surface area contributed by atoms with Gasteiger partial charge in [-0.3, -0.25) is 9.59 Å². The zero-order valence-corrected chi connectivity index (χ0v) is 21.8. The second-order valence-electron chi connectivity index (χ2n) is 9.06. The third-order valence-electron chi connectivity index (χ3n) is 6.29. The number of aromatic nitrogens is 2. The molecule has 0 saturated heterocycles. The number of hydrogen-bond donors (Lipinski definition) is 1. The quantitative estimate of drug-likeness (QED) is 0.253. The van der Waals surface area contributed by atoms with E-state index < -0.39 is 5.91 Å². The van der Waals surface area contributed by atoms with Crippen LogP contribution in [0, 0.1) is 5.82 Å². The maximum absolute atomic E-state index is 13.6. The molecule has 7 nitrogen and oxygen atoms in total. The Labute approximate surface area is 231 Å². The van der Waals surface area contributed by atoms with Gasteiger partial charge in [-0.2, -0.15) is 5.10 Å². The SMILES string of the molecule is COc1ccccc1C(=O)N(CC(=O)Nc1cc(-c2ccccc2)nn1-c1ccc(F)cc1)Cc1ccccc1. The van der Waals surface area contributed by atoms with Gasteiger partial charge in [0.05, 0.1) is 24.1 Å². The first-order valence-corrected chi connectivity index (χ1v) is 12.7. The van der Waals surface area contributed by atoms with Gasteiger partial charge in [0.25, 0.3) is 5.91 Å². The molecule has 0 aliphatic heterocycles. The number of nitrogens with zero attached hydrogens (tertiary/aromatic N) is 3. The van der Waals surface area contributed by atoms with Gasteiger partial charge in [0.2, 0.25) is 5.91 Å². The number of anilines is 1. The van der Waals surface area contributed by atoms with Gasteiger partial charge in [0, 0.05) is 18.2 Å². The van der Waals surface area contributed by atoms with Crippen molar-refractivity contribution >= 4 is 17.6 Å². The molecular formula is C32H27FN4O3. The molecule has 200 valence electrons. The van der Waals surface area contributed by atoms with Crippen molar-refractivity contribution in [2.75, 3.05) is 19.0 Å². The highest BCUT2D eigenvalue weighted by Gasteiger charge is 2.23. The Hall–Kier alpha value is -5.24. The summed E-state index contributed by atoms with van der Waals surface area (Å²) < 4.78 is 20.6. The maximum Gasteiger partial charge on any atom is 0.258 e. The highest BCUT2D eigenvalue weighted by Crippen LogP contribution is 2.25. The first kappa shape index (κ1) is 26.4. The van der Waals surface area contributed by atoms with Crippen LogP contribution in [0.4, 0.5) is 10.2 Å². The lowest BCUT2D eigenvalue weighted by Gasteiger charge is -2.23. The van der Waals surface area contributed by atoms with E-state index in [0.29, 0.717) is 28.5 Å². The zero-order chi connectivity index (χ0) is 27.9. The van der Waals surface area contributed by atoms with Crippen LogP contribution in [0.3, 0.4) is 0 Å². The predicted octanol–water partition coefficient (Wildman–Crippen LogP) is 5.97. The minimum Gasteiger partial charge on any atom is -0.496 e. The van der Waals surface area contributed by atoms with E-state index in [1.165, 1.54) is 24.1 Å².